The van der Waals surface area contributed by atoms with Crippen molar-refractivity contribution in [3.8, 4) is 0 Å². The number of nitrogens with zero attached hydrogens (tertiary/aromatic N) is 3. The molecule has 18 heavy (non-hydrogen) atoms. The summed E-state index contributed by atoms with van der Waals surface area (Å²) in [5.41, 5.74) is 0. The molecular formula is C11H19N3O3S. The fraction of sp³-hybridized carbons (Fsp3) is 0.727. The van der Waals surface area contributed by atoms with E-state index < -0.39 is 0 Å². The molecule has 1 aromatic rings. The summed E-state index contributed by atoms with van der Waals surface area (Å²) in [6.45, 7) is 3.63. The van der Waals surface area contributed by atoms with Crippen molar-refractivity contribution in [1.29, 1.82) is 0 Å². The molecule has 0 aromatic carbocycles. The van der Waals surface area contributed by atoms with E-state index in [4.69, 9.17) is 9.47 Å². The van der Waals surface area contributed by atoms with Crippen LogP contribution in [0.25, 0.3) is 0 Å². The van der Waals surface area contributed by atoms with Gasteiger partial charge in [0.15, 0.2) is 5.16 Å². The lowest BCUT2D eigenvalue weighted by Crippen LogP contribution is -2.05. The average Bonchev–Trinajstić information content (AvgIpc) is 2.80. The first-order valence-corrected chi connectivity index (χ1v) is 6.91. The third kappa shape index (κ3) is 5.50. The van der Waals surface area contributed by atoms with Crippen LogP contribution in [0.5, 0.6) is 0 Å². The zero-order valence-electron chi connectivity index (χ0n) is 10.8. The maximum atomic E-state index is 11.1. The molecule has 1 aromatic heterocycles. The average molecular weight is 273 g/mol. The second kappa shape index (κ2) is 8.93. The van der Waals surface area contributed by atoms with Crippen LogP contribution in [-0.2, 0) is 20.8 Å². The second-order valence-electron chi connectivity index (χ2n) is 3.56. The summed E-state index contributed by atoms with van der Waals surface area (Å²) in [4.78, 5) is 11.1. The van der Waals surface area contributed by atoms with Crippen molar-refractivity contribution < 1.29 is 14.3 Å². The number of hydrogen-bond acceptors (Lipinski definition) is 6. The molecule has 0 saturated carbocycles. The number of carbonyl (C=O) groups excluding carboxylic acids is 1. The summed E-state index contributed by atoms with van der Waals surface area (Å²) in [7, 11) is 1.66. The number of aromatic nitrogens is 3. The Labute approximate surface area is 111 Å². The highest BCUT2D eigenvalue weighted by Crippen LogP contribution is 2.16. The molecule has 0 radical (unpaired) electrons. The summed E-state index contributed by atoms with van der Waals surface area (Å²) < 4.78 is 11.8. The van der Waals surface area contributed by atoms with Crippen LogP contribution in [-0.4, -0.2) is 46.8 Å². The van der Waals surface area contributed by atoms with E-state index in [9.17, 15) is 4.79 Å². The molecule has 0 atom stereocenters. The Morgan fingerprint density at radius 1 is 1.56 bits per heavy atom. The Balaban J connectivity index is 2.22. The molecule has 102 valence electrons. The zero-order chi connectivity index (χ0) is 13.2. The molecule has 1 heterocycles. The van der Waals surface area contributed by atoms with Crippen molar-refractivity contribution in [2.45, 2.75) is 31.5 Å². The van der Waals surface area contributed by atoms with E-state index in [1.54, 1.807) is 25.2 Å². The van der Waals surface area contributed by atoms with E-state index in [1.807, 2.05) is 11.5 Å². The molecule has 1 rings (SSSR count). The first-order chi connectivity index (χ1) is 8.77. The number of carbonyl (C=O) groups is 1. The number of esters is 1. The van der Waals surface area contributed by atoms with Crippen LogP contribution in [0, 0.1) is 0 Å². The summed E-state index contributed by atoms with van der Waals surface area (Å²) >= 11 is 1.59. The van der Waals surface area contributed by atoms with E-state index in [0.717, 1.165) is 23.9 Å². The van der Waals surface area contributed by atoms with Gasteiger partial charge in [0.05, 0.1) is 13.2 Å². The van der Waals surface area contributed by atoms with E-state index in [2.05, 4.69) is 10.2 Å². The highest BCUT2D eigenvalue weighted by atomic mass is 32.2. The van der Waals surface area contributed by atoms with Gasteiger partial charge in [0, 0.05) is 25.8 Å². The van der Waals surface area contributed by atoms with Gasteiger partial charge >= 0.3 is 5.97 Å². The zero-order valence-corrected chi connectivity index (χ0v) is 11.6. The molecular weight excluding hydrogens is 254 g/mol. The lowest BCUT2D eigenvalue weighted by molar-refractivity contribution is -0.143. The van der Waals surface area contributed by atoms with Gasteiger partial charge in [0.25, 0.3) is 0 Å². The minimum Gasteiger partial charge on any atom is -0.466 e. The topological polar surface area (TPSA) is 66.2 Å². The molecule has 0 aliphatic carbocycles. The van der Waals surface area contributed by atoms with Gasteiger partial charge in [-0.1, -0.05) is 11.8 Å². The SMILES string of the molecule is CCOC(=O)CCCSc1nncn1CCOC. The van der Waals surface area contributed by atoms with Crippen molar-refractivity contribution in [2.24, 2.45) is 0 Å². The first kappa shape index (κ1) is 15.0. The molecule has 0 spiro atoms. The first-order valence-electron chi connectivity index (χ1n) is 5.93. The highest BCUT2D eigenvalue weighted by Gasteiger charge is 2.06. The number of rotatable bonds is 9. The van der Waals surface area contributed by atoms with Crippen LogP contribution in [0.3, 0.4) is 0 Å². The van der Waals surface area contributed by atoms with Crippen molar-refractivity contribution in [2.75, 3.05) is 26.1 Å². The molecule has 7 heteroatoms. The van der Waals surface area contributed by atoms with Gasteiger partial charge in [0.2, 0.25) is 0 Å². The van der Waals surface area contributed by atoms with Gasteiger partial charge in [-0.05, 0) is 13.3 Å². The number of ether oxygens (including phenoxy) is 2. The molecule has 0 fully saturated rings. The molecule has 0 aliphatic heterocycles. The lowest BCUT2D eigenvalue weighted by atomic mass is 10.3. The van der Waals surface area contributed by atoms with Crippen LogP contribution in [0.2, 0.25) is 0 Å². The maximum Gasteiger partial charge on any atom is 0.305 e. The third-order valence-corrected chi connectivity index (χ3v) is 3.25. The normalized spacial score (nSPS) is 10.6. The molecule has 0 saturated heterocycles. The molecule has 0 amide bonds. The number of methoxy groups -OCH3 is 1. The van der Waals surface area contributed by atoms with Gasteiger partial charge in [-0.15, -0.1) is 10.2 Å². The molecule has 0 unspecified atom stereocenters. The van der Waals surface area contributed by atoms with Crippen LogP contribution in [0.4, 0.5) is 0 Å². The van der Waals surface area contributed by atoms with Crippen molar-refractivity contribution in [3.05, 3.63) is 6.33 Å². The van der Waals surface area contributed by atoms with Crippen molar-refractivity contribution in [1.82, 2.24) is 14.8 Å². The quantitative estimate of drug-likeness (QED) is 0.384. The summed E-state index contributed by atoms with van der Waals surface area (Å²) in [6, 6.07) is 0. The lowest BCUT2D eigenvalue weighted by Gasteiger charge is -2.05. The summed E-state index contributed by atoms with van der Waals surface area (Å²) in [5.74, 6) is 0.684. The highest BCUT2D eigenvalue weighted by molar-refractivity contribution is 7.99. The summed E-state index contributed by atoms with van der Waals surface area (Å²) in [6.07, 6.45) is 2.92. The standard InChI is InChI=1S/C11H19N3O3S/c1-3-17-10(15)5-4-8-18-11-13-12-9-14(11)6-7-16-2/h9H,3-8H2,1-2H3. The monoisotopic (exact) mass is 273 g/mol. The molecule has 0 aliphatic rings. The minimum atomic E-state index is -0.140. The number of hydrogen-bond donors (Lipinski definition) is 0. The molecule has 6 nitrogen and oxygen atoms in total. The second-order valence-corrected chi connectivity index (χ2v) is 4.62. The molecule has 0 N–H and O–H groups in total. The van der Waals surface area contributed by atoms with Crippen LogP contribution in [0.15, 0.2) is 11.5 Å². The predicted molar refractivity (Wildman–Crippen MR) is 68.5 cm³/mol. The molecule has 0 bridgehead atoms. The minimum absolute atomic E-state index is 0.140. The Hall–Kier alpha value is -1.08. The fourth-order valence-corrected chi connectivity index (χ4v) is 2.19. The van der Waals surface area contributed by atoms with E-state index >= 15 is 0 Å². The Morgan fingerprint density at radius 3 is 3.11 bits per heavy atom. The smallest absolute Gasteiger partial charge is 0.305 e. The van der Waals surface area contributed by atoms with Crippen LogP contribution in [0.1, 0.15) is 19.8 Å². The van der Waals surface area contributed by atoms with Crippen LogP contribution >= 0.6 is 11.8 Å². The van der Waals surface area contributed by atoms with Crippen LogP contribution < -0.4 is 0 Å². The van der Waals surface area contributed by atoms with E-state index in [0.29, 0.717) is 19.6 Å². The maximum absolute atomic E-state index is 11.1. The third-order valence-electron chi connectivity index (χ3n) is 2.18. The Kier molecular flexibility index (Phi) is 7.43. The Bertz CT molecular complexity index is 357. The number of thioether (sulfide) groups is 1. The van der Waals surface area contributed by atoms with Gasteiger partial charge in [-0.3, -0.25) is 4.79 Å². The van der Waals surface area contributed by atoms with Gasteiger partial charge in [-0.25, -0.2) is 0 Å². The van der Waals surface area contributed by atoms with Crippen molar-refractivity contribution in [3.63, 3.8) is 0 Å². The van der Waals surface area contributed by atoms with Gasteiger partial charge in [0.1, 0.15) is 6.33 Å². The fourth-order valence-electron chi connectivity index (χ4n) is 1.31. The predicted octanol–water partition coefficient (Wildman–Crippen LogP) is 1.36. The largest absolute Gasteiger partial charge is 0.466 e. The summed E-state index contributed by atoms with van der Waals surface area (Å²) in [5, 5.41) is 8.75. The van der Waals surface area contributed by atoms with E-state index in [1.165, 1.54) is 0 Å². The van der Waals surface area contributed by atoms with E-state index in [-0.39, 0.29) is 5.97 Å². The van der Waals surface area contributed by atoms with Gasteiger partial charge in [-0.2, -0.15) is 0 Å². The van der Waals surface area contributed by atoms with Crippen molar-refractivity contribution >= 4 is 17.7 Å². The van der Waals surface area contributed by atoms with Gasteiger partial charge < -0.3 is 14.0 Å². The Morgan fingerprint density at radius 2 is 2.39 bits per heavy atom.